The van der Waals surface area contributed by atoms with Crippen molar-refractivity contribution in [1.29, 1.82) is 0 Å². The molecular weight excluding hydrogens is 508 g/mol. The molecule has 0 bridgehead atoms. The summed E-state index contributed by atoms with van der Waals surface area (Å²) in [5.41, 5.74) is 4.85. The van der Waals surface area contributed by atoms with Gasteiger partial charge in [0.15, 0.2) is 11.5 Å². The number of methoxy groups -OCH3 is 1. The number of aromatic nitrogens is 6. The highest BCUT2D eigenvalue weighted by Crippen LogP contribution is 2.37. The molecule has 1 atom stereocenters. The number of hydrogen-bond donors (Lipinski definition) is 3. The number of rotatable bonds is 7. The zero-order valence-corrected chi connectivity index (χ0v) is 23.6. The maximum atomic E-state index is 10.1. The van der Waals surface area contributed by atoms with Gasteiger partial charge in [-0.3, -0.25) is 0 Å². The van der Waals surface area contributed by atoms with E-state index < -0.39 is 0 Å². The van der Waals surface area contributed by atoms with Crippen LogP contribution in [-0.4, -0.2) is 71.9 Å². The fourth-order valence-corrected chi connectivity index (χ4v) is 6.12. The second kappa shape index (κ2) is 10.7. The van der Waals surface area contributed by atoms with Crippen LogP contribution in [0.3, 0.4) is 0 Å². The van der Waals surface area contributed by atoms with Gasteiger partial charge in [0.2, 0.25) is 5.95 Å². The molecule has 0 spiro atoms. The van der Waals surface area contributed by atoms with Crippen molar-refractivity contribution in [3.05, 3.63) is 41.5 Å². The van der Waals surface area contributed by atoms with E-state index >= 15 is 0 Å². The molecule has 212 valence electrons. The molecule has 0 amide bonds. The first-order chi connectivity index (χ1) is 19.4. The Hall–Kier alpha value is -3.70. The van der Waals surface area contributed by atoms with E-state index in [-0.39, 0.29) is 24.8 Å². The second-order valence-corrected chi connectivity index (χ2v) is 11.1. The van der Waals surface area contributed by atoms with Gasteiger partial charge in [-0.05, 0) is 76.5 Å². The quantitative estimate of drug-likeness (QED) is 0.314. The number of aliphatic hydroxyl groups excluding tert-OH is 2. The number of fused-ring (bicyclic) bond motifs is 1. The Kier molecular flexibility index (Phi) is 7.09. The average molecular weight is 547 g/mol. The molecule has 1 aliphatic heterocycles. The molecule has 4 heterocycles. The van der Waals surface area contributed by atoms with Crippen LogP contribution in [0.1, 0.15) is 61.4 Å². The lowest BCUT2D eigenvalue weighted by Gasteiger charge is -2.27. The third kappa shape index (κ3) is 4.77. The van der Waals surface area contributed by atoms with E-state index in [9.17, 15) is 10.2 Å². The summed E-state index contributed by atoms with van der Waals surface area (Å²) in [6, 6.07) is 4.28. The number of aryl methyl sites for hydroxylation is 2. The molecule has 6 rings (SSSR count). The Morgan fingerprint density at radius 1 is 1.07 bits per heavy atom. The van der Waals surface area contributed by atoms with Crippen LogP contribution in [0.5, 0.6) is 5.75 Å². The van der Waals surface area contributed by atoms with Crippen LogP contribution in [0.15, 0.2) is 24.7 Å². The van der Waals surface area contributed by atoms with Gasteiger partial charge in [-0.25, -0.2) is 9.67 Å². The topological polar surface area (TPSA) is 126 Å². The summed E-state index contributed by atoms with van der Waals surface area (Å²) < 4.78 is 9.54. The first-order valence-corrected chi connectivity index (χ1v) is 14.1. The number of hydrogen-bond acceptors (Lipinski definition) is 9. The van der Waals surface area contributed by atoms with E-state index in [0.717, 1.165) is 90.2 Å². The molecule has 4 aromatic rings. The van der Waals surface area contributed by atoms with Crippen molar-refractivity contribution in [2.75, 3.05) is 30.5 Å². The summed E-state index contributed by atoms with van der Waals surface area (Å²) in [6.07, 6.45) is 8.56. The predicted molar refractivity (Wildman–Crippen MR) is 154 cm³/mol. The molecule has 0 unspecified atom stereocenters. The minimum absolute atomic E-state index is 0.0116. The van der Waals surface area contributed by atoms with E-state index in [0.29, 0.717) is 11.8 Å². The molecule has 1 aromatic carbocycles. The summed E-state index contributed by atoms with van der Waals surface area (Å²) in [6.45, 7) is 7.01. The number of nitrogens with zero attached hydrogens (tertiary/aromatic N) is 7. The highest BCUT2D eigenvalue weighted by atomic mass is 16.5. The van der Waals surface area contributed by atoms with Crippen LogP contribution in [0.25, 0.3) is 16.7 Å². The van der Waals surface area contributed by atoms with Crippen molar-refractivity contribution >= 4 is 28.6 Å². The third-order valence-corrected chi connectivity index (χ3v) is 8.52. The van der Waals surface area contributed by atoms with Gasteiger partial charge in [0.05, 0.1) is 54.9 Å². The highest BCUT2D eigenvalue weighted by molar-refractivity contribution is 5.91. The summed E-state index contributed by atoms with van der Waals surface area (Å²) in [5.74, 6) is 2.68. The van der Waals surface area contributed by atoms with E-state index in [4.69, 9.17) is 19.8 Å². The van der Waals surface area contributed by atoms with Crippen molar-refractivity contribution in [3.8, 4) is 11.4 Å². The zero-order chi connectivity index (χ0) is 28.0. The minimum atomic E-state index is -0.246. The van der Waals surface area contributed by atoms with Gasteiger partial charge in [0.1, 0.15) is 17.9 Å². The van der Waals surface area contributed by atoms with Crippen molar-refractivity contribution < 1.29 is 14.9 Å². The molecule has 11 nitrogen and oxygen atoms in total. The van der Waals surface area contributed by atoms with Gasteiger partial charge in [0.25, 0.3) is 0 Å². The molecule has 1 saturated carbocycles. The standard InChI is InChI=1S/C29H38N8O3/c1-17-12-22(13-24(40-4)18(17)2)35-14-25(30-16-35)31-29-32-27(36-11-5-6-21(36)15-38)26-19(3)34-37(28(26)33-29)20-7-9-23(39)10-8-20/h12-14,16,20-21,23,38-39H,5-11,15H2,1-4H3,(H,31,32,33)/t20?,21-,23?/m0/s1. The minimum Gasteiger partial charge on any atom is -0.496 e. The lowest BCUT2D eigenvalue weighted by Crippen LogP contribution is -2.33. The molecule has 3 aromatic heterocycles. The average Bonchev–Trinajstić information content (AvgIpc) is 3.69. The Morgan fingerprint density at radius 3 is 2.62 bits per heavy atom. The van der Waals surface area contributed by atoms with Crippen LogP contribution in [0.2, 0.25) is 0 Å². The third-order valence-electron chi connectivity index (χ3n) is 8.52. The summed E-state index contributed by atoms with van der Waals surface area (Å²) in [7, 11) is 1.68. The SMILES string of the molecule is COc1cc(-n2cnc(Nc3nc(N4CCC[C@H]4CO)c4c(C)nn(C5CCC(O)CC5)c4n3)c2)cc(C)c1C. The van der Waals surface area contributed by atoms with Crippen molar-refractivity contribution in [3.63, 3.8) is 0 Å². The first kappa shape index (κ1) is 26.5. The molecular formula is C29H38N8O3. The molecule has 11 heteroatoms. The number of ether oxygens (including phenoxy) is 1. The molecule has 3 N–H and O–H groups in total. The van der Waals surface area contributed by atoms with Gasteiger partial charge in [0, 0.05) is 12.6 Å². The normalized spacial score (nSPS) is 21.4. The van der Waals surface area contributed by atoms with Crippen molar-refractivity contribution in [1.82, 2.24) is 29.3 Å². The maximum absolute atomic E-state index is 10.1. The van der Waals surface area contributed by atoms with Gasteiger partial charge < -0.3 is 29.7 Å². The molecule has 2 fully saturated rings. The number of aliphatic hydroxyl groups is 2. The van der Waals surface area contributed by atoms with E-state index in [1.165, 1.54) is 0 Å². The van der Waals surface area contributed by atoms with Crippen LogP contribution < -0.4 is 15.0 Å². The van der Waals surface area contributed by atoms with Gasteiger partial charge >= 0.3 is 0 Å². The maximum Gasteiger partial charge on any atom is 0.232 e. The molecule has 40 heavy (non-hydrogen) atoms. The Labute approximate surface area is 233 Å². The van der Waals surface area contributed by atoms with E-state index in [2.05, 4.69) is 28.2 Å². The fraction of sp³-hybridized carbons (Fsp3) is 0.517. The number of benzene rings is 1. The monoisotopic (exact) mass is 546 g/mol. The van der Waals surface area contributed by atoms with Crippen LogP contribution in [0.4, 0.5) is 17.6 Å². The van der Waals surface area contributed by atoms with Gasteiger partial charge in [-0.2, -0.15) is 15.1 Å². The number of imidazole rings is 1. The number of nitrogens with one attached hydrogen (secondary N) is 1. The molecule has 0 radical (unpaired) electrons. The molecule has 1 aliphatic carbocycles. The van der Waals surface area contributed by atoms with Crippen LogP contribution in [0, 0.1) is 20.8 Å². The van der Waals surface area contributed by atoms with Crippen LogP contribution >= 0.6 is 0 Å². The molecule has 2 aliphatic rings. The summed E-state index contributed by atoms with van der Waals surface area (Å²) in [5, 5.41) is 29.3. The lowest BCUT2D eigenvalue weighted by molar-refractivity contribution is 0.109. The first-order valence-electron chi connectivity index (χ1n) is 14.1. The van der Waals surface area contributed by atoms with Crippen molar-refractivity contribution in [2.24, 2.45) is 0 Å². The van der Waals surface area contributed by atoms with Crippen molar-refractivity contribution in [2.45, 2.75) is 77.5 Å². The number of anilines is 3. The second-order valence-electron chi connectivity index (χ2n) is 11.1. The fourth-order valence-electron chi connectivity index (χ4n) is 6.12. The van der Waals surface area contributed by atoms with Crippen LogP contribution in [-0.2, 0) is 0 Å². The van der Waals surface area contributed by atoms with Gasteiger partial charge in [-0.15, -0.1) is 0 Å². The summed E-state index contributed by atoms with van der Waals surface area (Å²) >= 11 is 0. The lowest BCUT2D eigenvalue weighted by atomic mass is 9.93. The van der Waals surface area contributed by atoms with Gasteiger partial charge in [-0.1, -0.05) is 0 Å². The predicted octanol–water partition coefficient (Wildman–Crippen LogP) is 4.13. The Morgan fingerprint density at radius 2 is 1.88 bits per heavy atom. The van der Waals surface area contributed by atoms with E-state index in [1.807, 2.05) is 35.4 Å². The Balaban J connectivity index is 1.39. The Bertz CT molecular complexity index is 1520. The zero-order valence-electron chi connectivity index (χ0n) is 23.6. The highest BCUT2D eigenvalue weighted by Gasteiger charge is 2.31. The molecule has 1 saturated heterocycles. The van der Waals surface area contributed by atoms with E-state index in [1.54, 1.807) is 13.4 Å². The largest absolute Gasteiger partial charge is 0.496 e. The summed E-state index contributed by atoms with van der Waals surface area (Å²) in [4.78, 5) is 16.7. The smallest absolute Gasteiger partial charge is 0.232 e.